The Labute approximate surface area is 169 Å². The number of pyridine rings is 1. The molecule has 3 saturated heterocycles. The number of hydrogen-bond acceptors (Lipinski definition) is 4. The summed E-state index contributed by atoms with van der Waals surface area (Å²) in [7, 11) is 1.83. The molecule has 0 spiro atoms. The fourth-order valence-electron chi connectivity index (χ4n) is 4.87. The third-order valence-electron chi connectivity index (χ3n) is 6.23. The van der Waals surface area contributed by atoms with Crippen LogP contribution in [0.3, 0.4) is 0 Å². The van der Waals surface area contributed by atoms with Crippen molar-refractivity contribution in [2.45, 2.75) is 31.6 Å². The van der Waals surface area contributed by atoms with E-state index in [0.29, 0.717) is 42.2 Å². The number of benzene rings is 1. The Bertz CT molecular complexity index is 886. The summed E-state index contributed by atoms with van der Waals surface area (Å²) in [5.74, 6) is 2.76. The van der Waals surface area contributed by atoms with Crippen molar-refractivity contribution >= 4 is 5.96 Å². The highest BCUT2D eigenvalue weighted by Gasteiger charge is 2.53. The topological polar surface area (TPSA) is 59.0 Å². The molecule has 6 nitrogen and oxygen atoms in total. The highest BCUT2D eigenvalue weighted by Crippen LogP contribution is 2.47. The third kappa shape index (κ3) is 3.67. The van der Waals surface area contributed by atoms with Crippen LogP contribution in [-0.2, 0) is 11.3 Å². The molecule has 4 heterocycles. The lowest BCUT2D eigenvalue weighted by Crippen LogP contribution is -2.41. The summed E-state index contributed by atoms with van der Waals surface area (Å²) in [6.45, 7) is 2.67. The molecule has 2 aromatic rings. The number of guanidine groups is 1. The minimum Gasteiger partial charge on any atom is -0.439 e. The van der Waals surface area contributed by atoms with Gasteiger partial charge in [0.05, 0.1) is 12.2 Å². The predicted molar refractivity (Wildman–Crippen MR) is 107 cm³/mol. The second kappa shape index (κ2) is 7.63. The maximum absolute atomic E-state index is 13.3. The zero-order valence-electron chi connectivity index (χ0n) is 16.4. The molecule has 1 aromatic heterocycles. The van der Waals surface area contributed by atoms with E-state index in [9.17, 15) is 4.39 Å². The van der Waals surface area contributed by atoms with Crippen LogP contribution in [-0.4, -0.2) is 48.2 Å². The van der Waals surface area contributed by atoms with E-state index < -0.39 is 0 Å². The number of aliphatic imine (C=N–C) groups is 1. The van der Waals surface area contributed by atoms with Crippen molar-refractivity contribution in [1.82, 2.24) is 15.2 Å². The second-order valence-corrected chi connectivity index (χ2v) is 7.99. The van der Waals surface area contributed by atoms with Crippen molar-refractivity contribution in [3.63, 3.8) is 0 Å². The van der Waals surface area contributed by atoms with Crippen LogP contribution in [0.5, 0.6) is 11.6 Å². The number of hydrogen-bond donors (Lipinski definition) is 1. The van der Waals surface area contributed by atoms with E-state index in [-0.39, 0.29) is 5.82 Å². The third-order valence-corrected chi connectivity index (χ3v) is 6.23. The van der Waals surface area contributed by atoms with Gasteiger partial charge in [0.1, 0.15) is 11.6 Å². The Hall–Kier alpha value is -2.67. The molecule has 0 amide bonds. The maximum atomic E-state index is 13.3. The standard InChI is InChI=1S/C22H25FN4O2/c1-24-22(27-12-17-18(13-27)20-7-6-19(17)29-20)26-11-14-5-8-21(25-10-14)28-16-4-2-3-15(23)9-16/h2-5,8-10,17-20H,6-7,11-13H2,1H3,(H,24,26). The first-order valence-corrected chi connectivity index (χ1v) is 10.2. The number of rotatable bonds is 4. The fraction of sp³-hybridized carbons (Fsp3) is 0.455. The fourth-order valence-corrected chi connectivity index (χ4v) is 4.87. The van der Waals surface area contributed by atoms with Crippen molar-refractivity contribution in [1.29, 1.82) is 0 Å². The van der Waals surface area contributed by atoms with E-state index in [1.54, 1.807) is 24.4 Å². The molecule has 4 atom stereocenters. The van der Waals surface area contributed by atoms with Gasteiger partial charge in [0.2, 0.25) is 5.88 Å². The van der Waals surface area contributed by atoms with Crippen LogP contribution in [0.4, 0.5) is 4.39 Å². The Kier molecular flexibility index (Phi) is 4.83. The molecule has 3 fully saturated rings. The lowest BCUT2D eigenvalue weighted by Gasteiger charge is -2.23. The number of nitrogens with one attached hydrogen (secondary N) is 1. The molecule has 1 aromatic carbocycles. The largest absolute Gasteiger partial charge is 0.439 e. The summed E-state index contributed by atoms with van der Waals surface area (Å²) >= 11 is 0. The molecule has 5 rings (SSSR count). The number of likely N-dealkylation sites (tertiary alicyclic amines) is 1. The molecular weight excluding hydrogens is 371 g/mol. The minimum atomic E-state index is -0.333. The van der Waals surface area contributed by atoms with Crippen molar-refractivity contribution in [3.8, 4) is 11.6 Å². The molecule has 2 bridgehead atoms. The predicted octanol–water partition coefficient (Wildman–Crippen LogP) is 3.20. The van der Waals surface area contributed by atoms with Gasteiger partial charge >= 0.3 is 0 Å². The molecular formula is C22H25FN4O2. The van der Waals surface area contributed by atoms with Crippen LogP contribution in [0.1, 0.15) is 18.4 Å². The Balaban J connectivity index is 1.16. The van der Waals surface area contributed by atoms with Gasteiger partial charge in [0.15, 0.2) is 5.96 Å². The molecule has 29 heavy (non-hydrogen) atoms. The van der Waals surface area contributed by atoms with Crippen LogP contribution < -0.4 is 10.1 Å². The summed E-state index contributed by atoms with van der Waals surface area (Å²) in [4.78, 5) is 11.2. The van der Waals surface area contributed by atoms with Crippen LogP contribution in [0.25, 0.3) is 0 Å². The van der Waals surface area contributed by atoms with Gasteiger partial charge in [0, 0.05) is 56.8 Å². The monoisotopic (exact) mass is 396 g/mol. The van der Waals surface area contributed by atoms with Gasteiger partial charge in [-0.2, -0.15) is 0 Å². The van der Waals surface area contributed by atoms with Gasteiger partial charge in [-0.1, -0.05) is 12.1 Å². The molecule has 3 aliphatic rings. The SMILES string of the molecule is CN=C(NCc1ccc(Oc2cccc(F)c2)nc1)N1CC2C3CCC(O3)C2C1. The highest BCUT2D eigenvalue weighted by atomic mass is 19.1. The summed E-state index contributed by atoms with van der Waals surface area (Å²) in [5.41, 5.74) is 1.03. The quantitative estimate of drug-likeness (QED) is 0.635. The first kappa shape index (κ1) is 18.4. The number of halogens is 1. The molecule has 3 aliphatic heterocycles. The van der Waals surface area contributed by atoms with E-state index in [1.165, 1.54) is 25.0 Å². The molecule has 4 unspecified atom stereocenters. The minimum absolute atomic E-state index is 0.333. The molecule has 7 heteroatoms. The average Bonchev–Trinajstić information content (AvgIpc) is 3.43. The highest BCUT2D eigenvalue weighted by molar-refractivity contribution is 5.80. The van der Waals surface area contributed by atoms with E-state index in [4.69, 9.17) is 9.47 Å². The average molecular weight is 396 g/mol. The molecule has 152 valence electrons. The van der Waals surface area contributed by atoms with E-state index in [1.807, 2.05) is 13.1 Å². The first-order valence-electron chi connectivity index (χ1n) is 10.2. The van der Waals surface area contributed by atoms with Crippen LogP contribution >= 0.6 is 0 Å². The zero-order chi connectivity index (χ0) is 19.8. The van der Waals surface area contributed by atoms with Crippen LogP contribution in [0, 0.1) is 17.7 Å². The summed E-state index contributed by atoms with van der Waals surface area (Å²) < 4.78 is 24.9. The van der Waals surface area contributed by atoms with Crippen molar-refractivity contribution < 1.29 is 13.9 Å². The normalized spacial score (nSPS) is 27.9. The van der Waals surface area contributed by atoms with Crippen molar-refractivity contribution in [2.24, 2.45) is 16.8 Å². The summed E-state index contributed by atoms with van der Waals surface area (Å²) in [6.07, 6.45) is 5.08. The lowest BCUT2D eigenvalue weighted by atomic mass is 9.82. The van der Waals surface area contributed by atoms with E-state index in [2.05, 4.69) is 20.2 Å². The Morgan fingerprint density at radius 1 is 1.24 bits per heavy atom. The van der Waals surface area contributed by atoms with E-state index >= 15 is 0 Å². The molecule has 0 aliphatic carbocycles. The number of ether oxygens (including phenoxy) is 2. The molecule has 0 radical (unpaired) electrons. The van der Waals surface area contributed by atoms with Gasteiger partial charge in [0.25, 0.3) is 0 Å². The Morgan fingerprint density at radius 3 is 2.69 bits per heavy atom. The maximum Gasteiger partial charge on any atom is 0.219 e. The number of fused-ring (bicyclic) bond motifs is 5. The zero-order valence-corrected chi connectivity index (χ0v) is 16.4. The Morgan fingerprint density at radius 2 is 2.03 bits per heavy atom. The smallest absolute Gasteiger partial charge is 0.219 e. The summed E-state index contributed by atoms with van der Waals surface area (Å²) in [6, 6.07) is 9.78. The molecule has 1 N–H and O–H groups in total. The molecule has 0 saturated carbocycles. The van der Waals surface area contributed by atoms with Gasteiger partial charge in [-0.25, -0.2) is 9.37 Å². The van der Waals surface area contributed by atoms with Crippen molar-refractivity contribution in [2.75, 3.05) is 20.1 Å². The van der Waals surface area contributed by atoms with Crippen LogP contribution in [0.15, 0.2) is 47.6 Å². The lowest BCUT2D eigenvalue weighted by molar-refractivity contribution is 0.0767. The van der Waals surface area contributed by atoms with Gasteiger partial charge in [-0.05, 0) is 30.5 Å². The van der Waals surface area contributed by atoms with Crippen LogP contribution in [0.2, 0.25) is 0 Å². The van der Waals surface area contributed by atoms with E-state index in [0.717, 1.165) is 24.6 Å². The number of nitrogens with zero attached hydrogens (tertiary/aromatic N) is 3. The second-order valence-electron chi connectivity index (χ2n) is 7.99. The van der Waals surface area contributed by atoms with Gasteiger partial charge in [-0.3, -0.25) is 4.99 Å². The first-order chi connectivity index (χ1) is 14.2. The van der Waals surface area contributed by atoms with Gasteiger partial charge in [-0.15, -0.1) is 0 Å². The summed E-state index contributed by atoms with van der Waals surface area (Å²) in [5, 5.41) is 3.45. The van der Waals surface area contributed by atoms with Crippen molar-refractivity contribution in [3.05, 3.63) is 54.0 Å². The number of aromatic nitrogens is 1. The van der Waals surface area contributed by atoms with Gasteiger partial charge < -0.3 is 19.7 Å².